The number of anilines is 1. The molecule has 0 unspecified atom stereocenters. The number of rotatable bonds is 6. The van der Waals surface area contributed by atoms with Crippen LogP contribution in [0.4, 0.5) is 5.69 Å². The van der Waals surface area contributed by atoms with Crippen LogP contribution in [-0.2, 0) is 4.79 Å². The first kappa shape index (κ1) is 20.7. The molecule has 3 aromatic rings. The van der Waals surface area contributed by atoms with E-state index in [0.29, 0.717) is 21.8 Å². The third-order valence-corrected chi connectivity index (χ3v) is 5.13. The van der Waals surface area contributed by atoms with Crippen LogP contribution in [-0.4, -0.2) is 18.1 Å². The second-order valence-electron chi connectivity index (χ2n) is 6.09. The maximum Gasteiger partial charge on any atom is 0.272 e. The largest absolute Gasteiger partial charge is 0.321 e. The smallest absolute Gasteiger partial charge is 0.272 e. The highest BCUT2D eigenvalue weighted by Crippen LogP contribution is 2.21. The minimum atomic E-state index is -0.438. The van der Waals surface area contributed by atoms with Crippen molar-refractivity contribution in [3.05, 3.63) is 101 Å². The Morgan fingerprint density at radius 2 is 1.66 bits per heavy atom. The van der Waals surface area contributed by atoms with Gasteiger partial charge in [0.15, 0.2) is 0 Å². The molecule has 0 bridgehead atoms. The predicted molar refractivity (Wildman–Crippen MR) is 120 cm³/mol. The average molecular weight is 423 g/mol. The van der Waals surface area contributed by atoms with Crippen molar-refractivity contribution in [2.45, 2.75) is 4.90 Å². The van der Waals surface area contributed by atoms with Crippen LogP contribution in [0.25, 0.3) is 6.08 Å². The molecule has 0 radical (unpaired) electrons. The number of carbonyl (C=O) groups excluding carboxylic acids is 2. The third-order valence-electron chi connectivity index (χ3n) is 4.06. The van der Waals surface area contributed by atoms with Gasteiger partial charge in [0, 0.05) is 21.2 Å². The standard InChI is InChI=1S/C23H19ClN2O2S/c1-29-19-12-7-11-18(15-19)25-23(28)21(14-17-10-5-6-13-20(17)24)26-22(27)16-8-3-2-4-9-16/h2-15H,1H3,(H,25,28)(H,26,27)/b21-14-. The van der Waals surface area contributed by atoms with Crippen molar-refractivity contribution in [2.24, 2.45) is 0 Å². The Hall–Kier alpha value is -3.02. The second-order valence-corrected chi connectivity index (χ2v) is 7.37. The molecule has 6 heteroatoms. The monoisotopic (exact) mass is 422 g/mol. The fourth-order valence-electron chi connectivity index (χ4n) is 2.59. The van der Waals surface area contributed by atoms with Crippen LogP contribution in [0, 0.1) is 0 Å². The van der Waals surface area contributed by atoms with Gasteiger partial charge in [-0.2, -0.15) is 0 Å². The molecule has 2 N–H and O–H groups in total. The molecule has 0 saturated carbocycles. The topological polar surface area (TPSA) is 58.2 Å². The maximum atomic E-state index is 13.0. The molecule has 0 aromatic heterocycles. The van der Waals surface area contributed by atoms with Gasteiger partial charge >= 0.3 is 0 Å². The highest BCUT2D eigenvalue weighted by molar-refractivity contribution is 7.98. The molecule has 0 spiro atoms. The van der Waals surface area contributed by atoms with E-state index in [1.807, 2.05) is 36.6 Å². The molecule has 29 heavy (non-hydrogen) atoms. The molecule has 0 atom stereocenters. The third kappa shape index (κ3) is 5.73. The normalized spacial score (nSPS) is 11.0. The van der Waals surface area contributed by atoms with Crippen LogP contribution in [0.3, 0.4) is 0 Å². The van der Waals surface area contributed by atoms with E-state index in [9.17, 15) is 9.59 Å². The van der Waals surface area contributed by atoms with E-state index in [1.54, 1.807) is 66.4 Å². The molecule has 0 saturated heterocycles. The lowest BCUT2D eigenvalue weighted by Crippen LogP contribution is -2.30. The van der Waals surface area contributed by atoms with Gasteiger partial charge in [0.05, 0.1) is 0 Å². The summed E-state index contributed by atoms with van der Waals surface area (Å²) in [6, 6.07) is 23.3. The first-order chi connectivity index (χ1) is 14.1. The maximum absolute atomic E-state index is 13.0. The predicted octanol–water partition coefficient (Wildman–Crippen LogP) is 5.47. The Morgan fingerprint density at radius 1 is 0.931 bits per heavy atom. The summed E-state index contributed by atoms with van der Waals surface area (Å²) in [4.78, 5) is 26.6. The zero-order chi connectivity index (χ0) is 20.6. The first-order valence-electron chi connectivity index (χ1n) is 8.85. The van der Waals surface area contributed by atoms with Crippen molar-refractivity contribution in [1.82, 2.24) is 5.32 Å². The van der Waals surface area contributed by atoms with Gasteiger partial charge in [-0.05, 0) is 54.3 Å². The van der Waals surface area contributed by atoms with Gasteiger partial charge in [-0.1, -0.05) is 54.1 Å². The molecule has 3 aromatic carbocycles. The quantitative estimate of drug-likeness (QED) is 0.409. The van der Waals surface area contributed by atoms with E-state index in [-0.39, 0.29) is 11.6 Å². The highest BCUT2D eigenvalue weighted by atomic mass is 35.5. The van der Waals surface area contributed by atoms with Crippen molar-refractivity contribution in [3.8, 4) is 0 Å². The molecule has 0 aliphatic rings. The summed E-state index contributed by atoms with van der Waals surface area (Å²) in [7, 11) is 0. The van der Waals surface area contributed by atoms with E-state index >= 15 is 0 Å². The SMILES string of the molecule is CSc1cccc(NC(=O)/C(=C/c2ccccc2Cl)NC(=O)c2ccccc2)c1. The van der Waals surface area contributed by atoms with Crippen LogP contribution in [0.15, 0.2) is 89.5 Å². The second kappa shape index (κ2) is 9.96. The number of amides is 2. The Bertz CT molecular complexity index is 1050. The number of halogens is 1. The minimum absolute atomic E-state index is 0.0986. The Morgan fingerprint density at radius 3 is 2.38 bits per heavy atom. The number of hydrogen-bond acceptors (Lipinski definition) is 3. The highest BCUT2D eigenvalue weighted by Gasteiger charge is 2.15. The molecular formula is C23H19ClN2O2S. The molecule has 0 aliphatic carbocycles. The molecule has 0 heterocycles. The van der Waals surface area contributed by atoms with Crippen molar-refractivity contribution < 1.29 is 9.59 Å². The van der Waals surface area contributed by atoms with Gasteiger partial charge in [-0.25, -0.2) is 0 Å². The van der Waals surface area contributed by atoms with Crippen molar-refractivity contribution in [1.29, 1.82) is 0 Å². The molecule has 0 aliphatic heterocycles. The fourth-order valence-corrected chi connectivity index (χ4v) is 3.24. The van der Waals surface area contributed by atoms with Gasteiger partial charge < -0.3 is 10.6 Å². The van der Waals surface area contributed by atoms with E-state index in [1.165, 1.54) is 0 Å². The fraction of sp³-hybridized carbons (Fsp3) is 0.0435. The van der Waals surface area contributed by atoms with Crippen molar-refractivity contribution >= 4 is 46.9 Å². The Kier molecular flexibility index (Phi) is 7.11. The average Bonchev–Trinajstić information content (AvgIpc) is 2.75. The summed E-state index contributed by atoms with van der Waals surface area (Å²) in [5, 5.41) is 6.02. The summed E-state index contributed by atoms with van der Waals surface area (Å²) < 4.78 is 0. The van der Waals surface area contributed by atoms with Gasteiger partial charge in [0.2, 0.25) is 0 Å². The number of nitrogens with one attached hydrogen (secondary N) is 2. The van der Waals surface area contributed by atoms with Crippen LogP contribution in [0.1, 0.15) is 15.9 Å². The summed E-state index contributed by atoms with van der Waals surface area (Å²) in [5.41, 5.74) is 1.82. The minimum Gasteiger partial charge on any atom is -0.321 e. The van der Waals surface area contributed by atoms with Crippen molar-refractivity contribution in [2.75, 3.05) is 11.6 Å². The summed E-state index contributed by atoms with van der Waals surface area (Å²) in [6.07, 6.45) is 3.53. The van der Waals surface area contributed by atoms with Gasteiger partial charge in [0.25, 0.3) is 11.8 Å². The van der Waals surface area contributed by atoms with E-state index < -0.39 is 5.91 Å². The summed E-state index contributed by atoms with van der Waals surface area (Å²) in [6.45, 7) is 0. The van der Waals surface area contributed by atoms with Crippen molar-refractivity contribution in [3.63, 3.8) is 0 Å². The van der Waals surface area contributed by atoms with Crippen LogP contribution in [0.5, 0.6) is 0 Å². The molecule has 0 fully saturated rings. The Balaban J connectivity index is 1.90. The molecular weight excluding hydrogens is 404 g/mol. The van der Waals surface area contributed by atoms with E-state index in [2.05, 4.69) is 10.6 Å². The van der Waals surface area contributed by atoms with E-state index in [0.717, 1.165) is 4.90 Å². The number of carbonyl (C=O) groups is 2. The first-order valence-corrected chi connectivity index (χ1v) is 10.4. The zero-order valence-electron chi connectivity index (χ0n) is 15.7. The molecule has 3 rings (SSSR count). The summed E-state index contributed by atoms with van der Waals surface area (Å²) in [5.74, 6) is -0.815. The van der Waals surface area contributed by atoms with Gasteiger partial charge in [-0.3, -0.25) is 9.59 Å². The van der Waals surface area contributed by atoms with E-state index in [4.69, 9.17) is 11.6 Å². The van der Waals surface area contributed by atoms with Crippen LogP contribution < -0.4 is 10.6 Å². The zero-order valence-corrected chi connectivity index (χ0v) is 17.3. The van der Waals surface area contributed by atoms with Gasteiger partial charge in [0.1, 0.15) is 5.70 Å². The lowest BCUT2D eigenvalue weighted by atomic mass is 10.1. The molecule has 4 nitrogen and oxygen atoms in total. The summed E-state index contributed by atoms with van der Waals surface area (Å²) >= 11 is 7.81. The number of thioether (sulfide) groups is 1. The van der Waals surface area contributed by atoms with Crippen LogP contribution in [0.2, 0.25) is 5.02 Å². The van der Waals surface area contributed by atoms with Crippen LogP contribution >= 0.6 is 23.4 Å². The molecule has 146 valence electrons. The molecule has 2 amide bonds. The number of benzene rings is 3. The number of hydrogen-bond donors (Lipinski definition) is 2. The van der Waals surface area contributed by atoms with Gasteiger partial charge in [-0.15, -0.1) is 11.8 Å². The lowest BCUT2D eigenvalue weighted by Gasteiger charge is -2.12. The lowest BCUT2D eigenvalue weighted by molar-refractivity contribution is -0.113. The Labute approximate surface area is 179 Å².